The number of hydrogen-bond donors (Lipinski definition) is 0. The molecule has 132 valence electrons. The number of piperidine rings is 1. The molecule has 1 fully saturated rings. The first-order valence-corrected chi connectivity index (χ1v) is 9.78. The normalized spacial score (nSPS) is 15.0. The Morgan fingerprint density at radius 1 is 0.920 bits per heavy atom. The fraction of sp³-hybridized carbons (Fsp3) is 0.316. The van der Waals surface area contributed by atoms with Gasteiger partial charge in [-0.05, 0) is 50.5 Å². The quantitative estimate of drug-likeness (QED) is 0.785. The van der Waals surface area contributed by atoms with Gasteiger partial charge in [-0.25, -0.2) is 0 Å². The van der Waals surface area contributed by atoms with E-state index in [1.165, 1.54) is 18.2 Å². The second-order valence-corrected chi connectivity index (χ2v) is 7.74. The Morgan fingerprint density at radius 2 is 1.56 bits per heavy atom. The van der Waals surface area contributed by atoms with Crippen LogP contribution in [-0.2, 0) is 10.1 Å². The predicted molar refractivity (Wildman–Crippen MR) is 97.8 cm³/mol. The second kappa shape index (κ2) is 7.27. The number of benzene rings is 1. The zero-order valence-electron chi connectivity index (χ0n) is 14.1. The molecular formula is C19H21NO4S. The van der Waals surface area contributed by atoms with Gasteiger partial charge in [0.1, 0.15) is 4.90 Å². The maximum absolute atomic E-state index is 12.8. The molecule has 0 spiro atoms. The molecule has 25 heavy (non-hydrogen) atoms. The lowest BCUT2D eigenvalue weighted by Crippen LogP contribution is -2.33. The first-order valence-electron chi connectivity index (χ1n) is 8.37. The van der Waals surface area contributed by atoms with Crippen molar-refractivity contribution in [1.29, 1.82) is 0 Å². The summed E-state index contributed by atoms with van der Waals surface area (Å²) in [7, 11) is -4.05. The van der Waals surface area contributed by atoms with Gasteiger partial charge in [-0.15, -0.1) is 0 Å². The Hall–Kier alpha value is -2.34. The molecule has 1 saturated heterocycles. The van der Waals surface area contributed by atoms with E-state index >= 15 is 0 Å². The van der Waals surface area contributed by atoms with Gasteiger partial charge >= 0.3 is 10.1 Å². The maximum Gasteiger partial charge on any atom is 0.339 e. The third-order valence-corrected chi connectivity index (χ3v) is 5.52. The molecular weight excluding hydrogens is 338 g/mol. The lowest BCUT2D eigenvalue weighted by Gasteiger charge is -2.27. The van der Waals surface area contributed by atoms with E-state index in [4.69, 9.17) is 4.18 Å². The summed E-state index contributed by atoms with van der Waals surface area (Å²) in [5.74, 6) is -0.175. The van der Waals surface area contributed by atoms with E-state index < -0.39 is 15.5 Å². The van der Waals surface area contributed by atoms with Crippen LogP contribution in [0.4, 0.5) is 5.69 Å². The number of rotatable bonds is 4. The molecule has 0 atom stereocenters. The summed E-state index contributed by atoms with van der Waals surface area (Å²) in [6.45, 7) is 3.46. The Balaban J connectivity index is 1.96. The molecule has 1 heterocycles. The van der Waals surface area contributed by atoms with Crippen molar-refractivity contribution in [2.45, 2.75) is 31.1 Å². The van der Waals surface area contributed by atoms with E-state index in [-0.39, 0.29) is 10.6 Å². The summed E-state index contributed by atoms with van der Waals surface area (Å²) in [6.07, 6.45) is 3.20. The van der Waals surface area contributed by atoms with E-state index in [0.717, 1.165) is 37.9 Å². The van der Waals surface area contributed by atoms with Crippen molar-refractivity contribution in [2.75, 3.05) is 18.0 Å². The summed E-state index contributed by atoms with van der Waals surface area (Å²) < 4.78 is 30.1. The van der Waals surface area contributed by atoms with Crippen LogP contribution in [0.1, 0.15) is 24.8 Å². The summed E-state index contributed by atoms with van der Waals surface area (Å²) >= 11 is 0. The Labute approximate surface area is 148 Å². The minimum Gasteiger partial charge on any atom is -0.375 e. The standard InChI is InChI=1S/C19H21NO4S/c1-15-9-11-16(12-10-15)25(22,23)24-18-8-4-3-7-17(19(18)21)20-13-5-2-6-14-20/h3-4,7-12H,2,5-6,13-14H2,1H3. The van der Waals surface area contributed by atoms with Gasteiger partial charge in [0.25, 0.3) is 0 Å². The van der Waals surface area contributed by atoms with Crippen molar-refractivity contribution in [2.24, 2.45) is 0 Å². The van der Waals surface area contributed by atoms with E-state index in [9.17, 15) is 13.2 Å². The van der Waals surface area contributed by atoms with Gasteiger partial charge in [0.05, 0.1) is 5.69 Å². The SMILES string of the molecule is Cc1ccc(S(=O)(=O)Oc2ccccc(N3CCCCC3)c2=O)cc1. The van der Waals surface area contributed by atoms with Crippen LogP contribution in [0.3, 0.4) is 0 Å². The molecule has 5 nitrogen and oxygen atoms in total. The topological polar surface area (TPSA) is 63.7 Å². The van der Waals surface area contributed by atoms with Gasteiger partial charge in [0.15, 0.2) is 5.75 Å². The molecule has 6 heteroatoms. The average Bonchev–Trinajstić information content (AvgIpc) is 2.78. The number of aryl methyl sites for hydroxylation is 1. The van der Waals surface area contributed by atoms with Gasteiger partial charge in [-0.2, -0.15) is 8.42 Å². The Bertz CT molecular complexity index is 901. The van der Waals surface area contributed by atoms with Gasteiger partial charge in [-0.3, -0.25) is 4.79 Å². The van der Waals surface area contributed by atoms with Gasteiger partial charge < -0.3 is 9.08 Å². The highest BCUT2D eigenvalue weighted by molar-refractivity contribution is 7.87. The third-order valence-electron chi connectivity index (χ3n) is 4.28. The molecule has 0 aliphatic carbocycles. The summed E-state index contributed by atoms with van der Waals surface area (Å²) in [4.78, 5) is 14.8. The van der Waals surface area contributed by atoms with E-state index in [0.29, 0.717) is 5.69 Å². The van der Waals surface area contributed by atoms with Crippen LogP contribution in [0, 0.1) is 6.92 Å². The number of nitrogens with zero attached hydrogens (tertiary/aromatic N) is 1. The zero-order chi connectivity index (χ0) is 17.9. The molecule has 0 amide bonds. The van der Waals surface area contributed by atoms with Gasteiger partial charge in [0.2, 0.25) is 5.43 Å². The first kappa shape index (κ1) is 17.5. The molecule has 0 aromatic heterocycles. The van der Waals surface area contributed by atoms with Crippen LogP contribution < -0.4 is 14.5 Å². The summed E-state index contributed by atoms with van der Waals surface area (Å²) in [5.41, 5.74) is 1.03. The molecule has 0 bridgehead atoms. The lowest BCUT2D eigenvalue weighted by atomic mass is 10.1. The van der Waals surface area contributed by atoms with Crippen molar-refractivity contribution in [3.8, 4) is 5.75 Å². The van der Waals surface area contributed by atoms with Crippen LogP contribution in [0.2, 0.25) is 0 Å². The summed E-state index contributed by atoms with van der Waals surface area (Å²) in [6, 6.07) is 12.8. The van der Waals surface area contributed by atoms with Crippen molar-refractivity contribution in [3.63, 3.8) is 0 Å². The summed E-state index contributed by atoms with van der Waals surface area (Å²) in [5, 5.41) is 0. The molecule has 0 radical (unpaired) electrons. The third kappa shape index (κ3) is 4.02. The van der Waals surface area contributed by atoms with Crippen LogP contribution in [0.25, 0.3) is 0 Å². The Kier molecular flexibility index (Phi) is 5.08. The molecule has 2 aromatic carbocycles. The highest BCUT2D eigenvalue weighted by Crippen LogP contribution is 2.20. The fourth-order valence-corrected chi connectivity index (χ4v) is 3.82. The minimum absolute atomic E-state index is 0.0310. The zero-order valence-corrected chi connectivity index (χ0v) is 15.0. The van der Waals surface area contributed by atoms with Crippen LogP contribution in [0.5, 0.6) is 5.75 Å². The molecule has 3 rings (SSSR count). The molecule has 1 aliphatic rings. The molecule has 1 aliphatic heterocycles. The van der Waals surface area contributed by atoms with E-state index in [1.54, 1.807) is 30.3 Å². The van der Waals surface area contributed by atoms with Crippen LogP contribution >= 0.6 is 0 Å². The van der Waals surface area contributed by atoms with Crippen molar-refractivity contribution in [3.05, 3.63) is 64.3 Å². The number of anilines is 1. The Morgan fingerprint density at radius 3 is 2.24 bits per heavy atom. The van der Waals surface area contributed by atoms with Crippen molar-refractivity contribution >= 4 is 15.8 Å². The second-order valence-electron chi connectivity index (χ2n) is 6.20. The molecule has 2 aromatic rings. The average molecular weight is 359 g/mol. The maximum atomic E-state index is 12.8. The van der Waals surface area contributed by atoms with Gasteiger partial charge in [-0.1, -0.05) is 29.8 Å². The van der Waals surface area contributed by atoms with Crippen molar-refractivity contribution < 1.29 is 12.6 Å². The lowest BCUT2D eigenvalue weighted by molar-refractivity contribution is 0.484. The first-order chi connectivity index (χ1) is 12.0. The highest BCUT2D eigenvalue weighted by Gasteiger charge is 2.20. The fourth-order valence-electron chi connectivity index (χ4n) is 2.89. The monoisotopic (exact) mass is 359 g/mol. The van der Waals surface area contributed by atoms with Gasteiger partial charge in [0, 0.05) is 13.1 Å². The molecule has 0 unspecified atom stereocenters. The van der Waals surface area contributed by atoms with Crippen molar-refractivity contribution in [1.82, 2.24) is 0 Å². The molecule has 0 N–H and O–H groups in total. The largest absolute Gasteiger partial charge is 0.375 e. The molecule has 0 saturated carbocycles. The van der Waals surface area contributed by atoms with Crippen LogP contribution in [-0.4, -0.2) is 21.5 Å². The van der Waals surface area contributed by atoms with Crippen LogP contribution in [0.15, 0.2) is 58.2 Å². The minimum atomic E-state index is -4.05. The smallest absolute Gasteiger partial charge is 0.339 e. The highest BCUT2D eigenvalue weighted by atomic mass is 32.2. The predicted octanol–water partition coefficient (Wildman–Crippen LogP) is 3.11. The van der Waals surface area contributed by atoms with E-state index in [2.05, 4.69) is 0 Å². The number of hydrogen-bond acceptors (Lipinski definition) is 5. The van der Waals surface area contributed by atoms with E-state index in [1.807, 2.05) is 11.8 Å².